The van der Waals surface area contributed by atoms with Gasteiger partial charge in [-0.25, -0.2) is 0 Å². The molecule has 2 aromatic rings. The van der Waals surface area contributed by atoms with Gasteiger partial charge in [-0.1, -0.05) is 60.1 Å². The highest BCUT2D eigenvalue weighted by molar-refractivity contribution is 6.31. The van der Waals surface area contributed by atoms with E-state index in [9.17, 15) is 4.79 Å². The van der Waals surface area contributed by atoms with Crippen LogP contribution in [0.15, 0.2) is 60.7 Å². The van der Waals surface area contributed by atoms with E-state index in [4.69, 9.17) is 11.6 Å². The molecule has 0 aliphatic heterocycles. The summed E-state index contributed by atoms with van der Waals surface area (Å²) in [7, 11) is 0. The largest absolute Gasteiger partial charge is 0.295 e. The van der Waals surface area contributed by atoms with Crippen LogP contribution in [0.2, 0.25) is 5.02 Å². The normalized spacial score (nSPS) is 18.8. The molecule has 100 valence electrons. The maximum absolute atomic E-state index is 12.0. The summed E-state index contributed by atoms with van der Waals surface area (Å²) in [4.78, 5) is 12.0. The molecule has 0 N–H and O–H groups in total. The van der Waals surface area contributed by atoms with Crippen molar-refractivity contribution in [3.05, 3.63) is 76.8 Å². The average molecular weight is 283 g/mol. The van der Waals surface area contributed by atoms with Crippen LogP contribution < -0.4 is 0 Å². The molecule has 1 aliphatic rings. The van der Waals surface area contributed by atoms with E-state index in [0.29, 0.717) is 6.42 Å². The topological polar surface area (TPSA) is 17.1 Å². The van der Waals surface area contributed by atoms with Gasteiger partial charge in [0.05, 0.1) is 0 Å². The zero-order chi connectivity index (χ0) is 13.9. The monoisotopic (exact) mass is 282 g/mol. The molecule has 1 atom stereocenters. The molecule has 3 rings (SSSR count). The third-order valence-electron chi connectivity index (χ3n) is 3.74. The van der Waals surface area contributed by atoms with Crippen molar-refractivity contribution in [1.82, 2.24) is 0 Å². The lowest BCUT2D eigenvalue weighted by molar-refractivity contribution is -0.115. The van der Waals surface area contributed by atoms with Gasteiger partial charge in [-0.05, 0) is 41.2 Å². The van der Waals surface area contributed by atoms with Crippen molar-refractivity contribution >= 4 is 23.0 Å². The second kappa shape index (κ2) is 5.64. The molecule has 0 spiro atoms. The first-order chi connectivity index (χ1) is 9.74. The van der Waals surface area contributed by atoms with Crippen molar-refractivity contribution in [3.63, 3.8) is 0 Å². The summed E-state index contributed by atoms with van der Waals surface area (Å²) in [5.74, 6) is 0.358. The predicted octanol–water partition coefficient (Wildman–Crippen LogP) is 4.87. The molecule has 1 aliphatic carbocycles. The first kappa shape index (κ1) is 13.1. The quantitative estimate of drug-likeness (QED) is 0.768. The first-order valence-corrected chi connectivity index (χ1v) is 7.15. The molecular formula is C18H15ClO. The van der Waals surface area contributed by atoms with E-state index in [2.05, 4.69) is 0 Å². The minimum absolute atomic E-state index is 0.177. The van der Waals surface area contributed by atoms with Gasteiger partial charge in [0.2, 0.25) is 0 Å². The molecule has 0 heterocycles. The van der Waals surface area contributed by atoms with Crippen molar-refractivity contribution in [2.75, 3.05) is 0 Å². The lowest BCUT2D eigenvalue weighted by atomic mass is 9.81. The fourth-order valence-corrected chi connectivity index (χ4v) is 3.06. The summed E-state index contributed by atoms with van der Waals surface area (Å²) in [6.45, 7) is 0. The fraction of sp³-hybridized carbons (Fsp3) is 0.167. The number of rotatable bonds is 2. The Kier molecular flexibility index (Phi) is 3.70. The molecule has 0 amide bonds. The molecule has 0 aromatic heterocycles. The zero-order valence-corrected chi connectivity index (χ0v) is 11.8. The summed E-state index contributed by atoms with van der Waals surface area (Å²) in [6, 6.07) is 17.9. The third-order valence-corrected chi connectivity index (χ3v) is 4.08. The summed E-state index contributed by atoms with van der Waals surface area (Å²) in [5.41, 5.74) is 3.30. The number of halogens is 1. The molecule has 20 heavy (non-hydrogen) atoms. The van der Waals surface area contributed by atoms with Crippen molar-refractivity contribution in [3.8, 4) is 0 Å². The first-order valence-electron chi connectivity index (χ1n) is 6.77. The summed E-state index contributed by atoms with van der Waals surface area (Å²) in [6.07, 6.45) is 3.18. The second-order valence-corrected chi connectivity index (χ2v) is 5.54. The van der Waals surface area contributed by atoms with E-state index in [0.717, 1.165) is 28.1 Å². The minimum Gasteiger partial charge on any atom is -0.295 e. The fourth-order valence-electron chi connectivity index (χ4n) is 2.77. The smallest absolute Gasteiger partial charge is 0.156 e. The highest BCUT2D eigenvalue weighted by atomic mass is 35.5. The third kappa shape index (κ3) is 2.68. The Morgan fingerprint density at radius 2 is 1.60 bits per heavy atom. The van der Waals surface area contributed by atoms with E-state index < -0.39 is 0 Å². The molecule has 0 bridgehead atoms. The van der Waals surface area contributed by atoms with Gasteiger partial charge in [0.1, 0.15) is 0 Å². The summed E-state index contributed by atoms with van der Waals surface area (Å²) in [5, 5.41) is 0.750. The van der Waals surface area contributed by atoms with E-state index in [1.807, 2.05) is 54.6 Å². The minimum atomic E-state index is 0.177. The predicted molar refractivity (Wildman–Crippen MR) is 82.9 cm³/mol. The standard InChI is InChI=1S/C18H15ClO/c19-18-9-5-4-8-17(18)15-10-14(11-16(20)12-15)13-6-2-1-3-7-13/h1-9,11,15H,10,12H2/t15-/m1/s1. The van der Waals surface area contributed by atoms with Gasteiger partial charge in [-0.2, -0.15) is 0 Å². The second-order valence-electron chi connectivity index (χ2n) is 5.13. The highest BCUT2D eigenvalue weighted by Crippen LogP contribution is 2.38. The lowest BCUT2D eigenvalue weighted by Gasteiger charge is -2.23. The van der Waals surface area contributed by atoms with Gasteiger partial charge in [0.25, 0.3) is 0 Å². The summed E-state index contributed by atoms with van der Waals surface area (Å²) >= 11 is 6.27. The van der Waals surface area contributed by atoms with Crippen LogP contribution in [-0.2, 0) is 4.79 Å². The molecule has 2 heteroatoms. The number of allylic oxidation sites excluding steroid dienone is 2. The van der Waals surface area contributed by atoms with Gasteiger partial charge < -0.3 is 0 Å². The van der Waals surface area contributed by atoms with Gasteiger partial charge in [-0.15, -0.1) is 0 Å². The number of ketones is 1. The maximum Gasteiger partial charge on any atom is 0.156 e. The van der Waals surface area contributed by atoms with E-state index in [1.165, 1.54) is 0 Å². The van der Waals surface area contributed by atoms with Crippen LogP contribution in [0.1, 0.15) is 29.9 Å². The van der Waals surface area contributed by atoms with Gasteiger partial charge in [0.15, 0.2) is 5.78 Å². The number of benzene rings is 2. The summed E-state index contributed by atoms with van der Waals surface area (Å²) < 4.78 is 0. The lowest BCUT2D eigenvalue weighted by Crippen LogP contribution is -2.12. The van der Waals surface area contributed by atoms with E-state index in [-0.39, 0.29) is 11.7 Å². The Balaban J connectivity index is 1.93. The van der Waals surface area contributed by atoms with Gasteiger partial charge in [0, 0.05) is 11.4 Å². The van der Waals surface area contributed by atoms with Gasteiger partial charge >= 0.3 is 0 Å². The molecule has 2 aromatic carbocycles. The van der Waals surface area contributed by atoms with Crippen molar-refractivity contribution < 1.29 is 4.79 Å². The van der Waals surface area contributed by atoms with Crippen molar-refractivity contribution in [1.29, 1.82) is 0 Å². The van der Waals surface area contributed by atoms with Crippen LogP contribution in [0.25, 0.3) is 5.57 Å². The van der Waals surface area contributed by atoms with Crippen molar-refractivity contribution in [2.24, 2.45) is 0 Å². The van der Waals surface area contributed by atoms with Crippen LogP contribution in [0.4, 0.5) is 0 Å². The number of hydrogen-bond acceptors (Lipinski definition) is 1. The molecule has 0 fully saturated rings. The zero-order valence-electron chi connectivity index (χ0n) is 11.1. The van der Waals surface area contributed by atoms with E-state index in [1.54, 1.807) is 6.08 Å². The Morgan fingerprint density at radius 3 is 2.35 bits per heavy atom. The van der Waals surface area contributed by atoms with E-state index >= 15 is 0 Å². The highest BCUT2D eigenvalue weighted by Gasteiger charge is 2.24. The van der Waals surface area contributed by atoms with Crippen LogP contribution in [-0.4, -0.2) is 5.78 Å². The Hall–Kier alpha value is -1.86. The number of carbonyl (C=O) groups excluding carboxylic acids is 1. The average Bonchev–Trinajstić information content (AvgIpc) is 2.48. The Bertz CT molecular complexity index is 658. The maximum atomic E-state index is 12.0. The van der Waals surface area contributed by atoms with Gasteiger partial charge in [-0.3, -0.25) is 4.79 Å². The Morgan fingerprint density at radius 1 is 0.900 bits per heavy atom. The molecule has 1 nitrogen and oxygen atoms in total. The van der Waals surface area contributed by atoms with Crippen molar-refractivity contribution in [2.45, 2.75) is 18.8 Å². The van der Waals surface area contributed by atoms with Crippen LogP contribution in [0.3, 0.4) is 0 Å². The molecule has 0 saturated heterocycles. The molecule has 0 saturated carbocycles. The van der Waals surface area contributed by atoms with Crippen LogP contribution in [0.5, 0.6) is 0 Å². The number of hydrogen-bond donors (Lipinski definition) is 0. The Labute approximate surface area is 123 Å². The molecule has 0 radical (unpaired) electrons. The molecular weight excluding hydrogens is 268 g/mol. The SMILES string of the molecule is O=C1C=C(c2ccccc2)C[C@@H](c2ccccc2Cl)C1. The number of carbonyl (C=O) groups is 1. The molecule has 0 unspecified atom stereocenters. The van der Waals surface area contributed by atoms with Crippen LogP contribution >= 0.6 is 11.6 Å². The van der Waals surface area contributed by atoms with Crippen LogP contribution in [0, 0.1) is 0 Å².